The lowest BCUT2D eigenvalue weighted by atomic mass is 9.94. The van der Waals surface area contributed by atoms with Gasteiger partial charge in [-0.2, -0.15) is 9.97 Å². The largest absolute Gasteiger partial charge is 0.308 e. The minimum Gasteiger partial charge on any atom is -0.308 e. The SMILES string of the molecule is c1ccc(-c2nc(-c3ccc4c(c3)sc3ccccc34)nc(-n3c4ccccc4c4cc5c(cc43)c3cccc4c3n5-c3ccccc3-c3ccccc3-4)n2)cc1. The van der Waals surface area contributed by atoms with Crippen molar-refractivity contribution >= 4 is 75.1 Å². The van der Waals surface area contributed by atoms with Crippen LogP contribution in [0.3, 0.4) is 0 Å². The average molecular weight is 744 g/mol. The fourth-order valence-electron chi connectivity index (χ4n) is 9.23. The summed E-state index contributed by atoms with van der Waals surface area (Å²) in [7, 11) is 0. The van der Waals surface area contributed by atoms with Crippen LogP contribution < -0.4 is 0 Å². The molecule has 0 bridgehead atoms. The number of hydrogen-bond donors (Lipinski definition) is 0. The lowest BCUT2D eigenvalue weighted by Crippen LogP contribution is -2.06. The Kier molecular flexibility index (Phi) is 6.26. The first-order valence-electron chi connectivity index (χ1n) is 19.2. The molecule has 0 unspecified atom stereocenters. The highest BCUT2D eigenvalue weighted by atomic mass is 32.1. The van der Waals surface area contributed by atoms with E-state index in [9.17, 15) is 0 Å². The summed E-state index contributed by atoms with van der Waals surface area (Å²) in [6, 6.07) is 63.1. The molecule has 0 saturated carbocycles. The fraction of sp³-hybridized carbons (Fsp3) is 0. The summed E-state index contributed by atoms with van der Waals surface area (Å²) in [6.45, 7) is 0. The molecule has 5 nitrogen and oxygen atoms in total. The number of nitrogens with zero attached hydrogens (tertiary/aromatic N) is 5. The quantitative estimate of drug-likeness (QED) is 0.181. The highest BCUT2D eigenvalue weighted by Crippen LogP contribution is 2.48. The molecule has 4 aromatic heterocycles. The van der Waals surface area contributed by atoms with E-state index in [1.165, 1.54) is 69.9 Å². The summed E-state index contributed by atoms with van der Waals surface area (Å²) in [4.78, 5) is 15.7. The van der Waals surface area contributed by atoms with E-state index in [0.29, 0.717) is 17.6 Å². The van der Waals surface area contributed by atoms with Crippen LogP contribution in [0.2, 0.25) is 0 Å². The smallest absolute Gasteiger partial charge is 0.238 e. The van der Waals surface area contributed by atoms with Crippen LogP contribution in [0.25, 0.3) is 120 Å². The van der Waals surface area contributed by atoms with Gasteiger partial charge in [-0.1, -0.05) is 140 Å². The van der Waals surface area contributed by atoms with E-state index in [4.69, 9.17) is 15.0 Å². The maximum atomic E-state index is 5.33. The minimum absolute atomic E-state index is 0.589. The summed E-state index contributed by atoms with van der Waals surface area (Å²) in [6.07, 6.45) is 0. The average Bonchev–Trinajstić information content (AvgIpc) is 3.90. The highest BCUT2D eigenvalue weighted by Gasteiger charge is 2.26. The molecule has 0 fully saturated rings. The third-order valence-electron chi connectivity index (χ3n) is 11.7. The Morgan fingerprint density at radius 2 is 0.965 bits per heavy atom. The molecule has 0 spiro atoms. The predicted molar refractivity (Wildman–Crippen MR) is 237 cm³/mol. The molecule has 0 atom stereocenters. The Morgan fingerprint density at radius 3 is 1.82 bits per heavy atom. The van der Waals surface area contributed by atoms with Crippen LogP contribution in [0.4, 0.5) is 0 Å². The maximum Gasteiger partial charge on any atom is 0.238 e. The van der Waals surface area contributed by atoms with Gasteiger partial charge in [0.25, 0.3) is 0 Å². The van der Waals surface area contributed by atoms with E-state index >= 15 is 0 Å². The van der Waals surface area contributed by atoms with Gasteiger partial charge in [-0.15, -0.1) is 11.3 Å². The van der Waals surface area contributed by atoms with E-state index in [1.807, 2.05) is 18.2 Å². The second kappa shape index (κ2) is 11.6. The molecule has 1 aliphatic rings. The zero-order valence-corrected chi connectivity index (χ0v) is 31.2. The lowest BCUT2D eigenvalue weighted by Gasteiger charge is -2.12. The molecule has 12 aromatic rings. The van der Waals surface area contributed by atoms with Crippen molar-refractivity contribution in [1.29, 1.82) is 0 Å². The van der Waals surface area contributed by atoms with Crippen molar-refractivity contribution in [3.8, 4) is 56.7 Å². The van der Waals surface area contributed by atoms with Gasteiger partial charge in [0.1, 0.15) is 0 Å². The second-order valence-corrected chi connectivity index (χ2v) is 15.9. The van der Waals surface area contributed by atoms with Gasteiger partial charge in [-0.25, -0.2) is 4.98 Å². The molecule has 0 N–H and O–H groups in total. The summed E-state index contributed by atoms with van der Waals surface area (Å²) in [5.41, 5.74) is 12.5. The first kappa shape index (κ1) is 30.9. The molecule has 0 amide bonds. The van der Waals surface area contributed by atoms with Crippen LogP contribution in [0.1, 0.15) is 0 Å². The molecule has 8 aromatic carbocycles. The van der Waals surface area contributed by atoms with Crippen molar-refractivity contribution in [2.75, 3.05) is 0 Å². The van der Waals surface area contributed by atoms with Gasteiger partial charge in [0.05, 0.1) is 27.8 Å². The van der Waals surface area contributed by atoms with E-state index < -0.39 is 0 Å². The molecule has 5 heterocycles. The Hall–Kier alpha value is -7.41. The molecule has 6 heteroatoms. The van der Waals surface area contributed by atoms with Gasteiger partial charge in [-0.05, 0) is 47.5 Å². The van der Waals surface area contributed by atoms with Crippen molar-refractivity contribution in [3.05, 3.63) is 176 Å². The Bertz CT molecular complexity index is 3650. The summed E-state index contributed by atoms with van der Waals surface area (Å²) >= 11 is 1.80. The van der Waals surface area contributed by atoms with Gasteiger partial charge >= 0.3 is 0 Å². The molecule has 0 saturated heterocycles. The monoisotopic (exact) mass is 743 g/mol. The molecular formula is C51H29N5S. The molecule has 13 rings (SSSR count). The maximum absolute atomic E-state index is 5.33. The minimum atomic E-state index is 0.589. The summed E-state index contributed by atoms with van der Waals surface area (Å²) in [5, 5.41) is 7.21. The first-order valence-corrected chi connectivity index (χ1v) is 20.0. The topological polar surface area (TPSA) is 48.5 Å². The second-order valence-electron chi connectivity index (χ2n) is 14.8. The van der Waals surface area contributed by atoms with Crippen LogP contribution >= 0.6 is 11.3 Å². The van der Waals surface area contributed by atoms with Crippen molar-refractivity contribution in [3.63, 3.8) is 0 Å². The number of thiophene rings is 1. The van der Waals surface area contributed by atoms with Crippen molar-refractivity contribution in [2.24, 2.45) is 0 Å². The van der Waals surface area contributed by atoms with Gasteiger partial charge < -0.3 is 4.57 Å². The summed E-state index contributed by atoms with van der Waals surface area (Å²) in [5.74, 6) is 1.87. The normalized spacial score (nSPS) is 12.2. The van der Waals surface area contributed by atoms with Crippen LogP contribution in [0.5, 0.6) is 0 Å². The number of rotatable bonds is 3. The van der Waals surface area contributed by atoms with Crippen LogP contribution in [-0.4, -0.2) is 24.1 Å². The Morgan fingerprint density at radius 1 is 0.351 bits per heavy atom. The van der Waals surface area contributed by atoms with Crippen LogP contribution in [0, 0.1) is 0 Å². The molecule has 264 valence electrons. The molecule has 1 aliphatic heterocycles. The Balaban J connectivity index is 1.12. The number of para-hydroxylation sites is 3. The third kappa shape index (κ3) is 4.36. The number of hydrogen-bond acceptors (Lipinski definition) is 4. The zero-order valence-electron chi connectivity index (χ0n) is 30.4. The molecule has 0 radical (unpaired) electrons. The molecule has 57 heavy (non-hydrogen) atoms. The van der Waals surface area contributed by atoms with Gasteiger partial charge in [-0.3, -0.25) is 4.57 Å². The third-order valence-corrected chi connectivity index (χ3v) is 12.9. The fourth-order valence-corrected chi connectivity index (χ4v) is 10.4. The van der Waals surface area contributed by atoms with E-state index in [2.05, 4.69) is 167 Å². The van der Waals surface area contributed by atoms with E-state index in [-0.39, 0.29) is 0 Å². The van der Waals surface area contributed by atoms with Gasteiger partial charge in [0, 0.05) is 64.0 Å². The zero-order chi connectivity index (χ0) is 37.2. The van der Waals surface area contributed by atoms with Crippen molar-refractivity contribution < 1.29 is 0 Å². The standard InChI is InChI=1S/C51H29N5S/c1-2-13-30(14-3-1)49-52-50(31-25-26-37-36-19-8-11-24-46(36)57-47(37)27-31)54-51(53-49)56-43-23-10-7-18-35(43)40-28-44-41(29-45(40)56)39-21-12-20-38-33-16-5-4-15-32(33)34-17-6-9-22-42(34)55(44)48(38)39/h1-29H. The van der Waals surface area contributed by atoms with Crippen LogP contribution in [0.15, 0.2) is 176 Å². The van der Waals surface area contributed by atoms with E-state index in [1.54, 1.807) is 11.3 Å². The molecule has 0 aliphatic carbocycles. The molecular weight excluding hydrogens is 715 g/mol. The first-order chi connectivity index (χ1) is 28.3. The Labute approximate surface area is 330 Å². The van der Waals surface area contributed by atoms with E-state index in [0.717, 1.165) is 32.9 Å². The van der Waals surface area contributed by atoms with Gasteiger partial charge in [0.2, 0.25) is 5.95 Å². The van der Waals surface area contributed by atoms with Crippen molar-refractivity contribution in [2.45, 2.75) is 0 Å². The predicted octanol–water partition coefficient (Wildman–Crippen LogP) is 13.4. The number of benzene rings is 8. The van der Waals surface area contributed by atoms with Crippen molar-refractivity contribution in [1.82, 2.24) is 24.1 Å². The highest BCUT2D eigenvalue weighted by molar-refractivity contribution is 7.25. The number of fused-ring (bicyclic) bond motifs is 14. The number of aromatic nitrogens is 5. The van der Waals surface area contributed by atoms with Gasteiger partial charge in [0.15, 0.2) is 11.6 Å². The lowest BCUT2D eigenvalue weighted by molar-refractivity contribution is 0.954. The van der Waals surface area contributed by atoms with Crippen LogP contribution in [-0.2, 0) is 0 Å². The summed E-state index contributed by atoms with van der Waals surface area (Å²) < 4.78 is 7.21.